The third-order valence-electron chi connectivity index (χ3n) is 1.78. The Kier molecular flexibility index (Phi) is 4.79. The van der Waals surface area contributed by atoms with Gasteiger partial charge in [-0.25, -0.2) is 8.42 Å². The molecule has 0 saturated carbocycles. The van der Waals surface area contributed by atoms with E-state index in [4.69, 9.17) is 16.7 Å². The van der Waals surface area contributed by atoms with Crippen molar-refractivity contribution in [3.8, 4) is 0 Å². The zero-order valence-corrected chi connectivity index (χ0v) is 11.6. The Morgan fingerprint density at radius 3 is 2.65 bits per heavy atom. The van der Waals surface area contributed by atoms with Crippen LogP contribution in [0.15, 0.2) is 22.7 Å². The van der Waals surface area contributed by atoms with Crippen LogP contribution in [0.2, 0.25) is 5.02 Å². The van der Waals surface area contributed by atoms with E-state index in [9.17, 15) is 13.2 Å². The van der Waals surface area contributed by atoms with E-state index in [1.807, 2.05) is 0 Å². The molecule has 94 valence electrons. The highest BCUT2D eigenvalue weighted by molar-refractivity contribution is 9.10. The number of anilines is 1. The second-order valence-corrected chi connectivity index (χ2v) is 6.30. The molecule has 5 nitrogen and oxygen atoms in total. The van der Waals surface area contributed by atoms with Gasteiger partial charge in [-0.2, -0.15) is 0 Å². The summed E-state index contributed by atoms with van der Waals surface area (Å²) < 4.78 is 25.8. The van der Waals surface area contributed by atoms with Crippen molar-refractivity contribution >= 4 is 49.2 Å². The summed E-state index contributed by atoms with van der Waals surface area (Å²) in [6, 6.07) is 4.55. The lowest BCUT2D eigenvalue weighted by atomic mass is 10.3. The number of benzene rings is 1. The summed E-state index contributed by atoms with van der Waals surface area (Å²) >= 11 is 8.97. The average molecular weight is 343 g/mol. The average Bonchev–Trinajstić information content (AvgIpc) is 2.21. The van der Waals surface area contributed by atoms with Crippen molar-refractivity contribution in [3.63, 3.8) is 0 Å². The van der Waals surface area contributed by atoms with E-state index in [-0.39, 0.29) is 0 Å². The van der Waals surface area contributed by atoms with Crippen molar-refractivity contribution in [2.75, 3.05) is 10.5 Å². The monoisotopic (exact) mass is 341 g/mol. The molecular weight excluding hydrogens is 334 g/mol. The van der Waals surface area contributed by atoms with Gasteiger partial charge in [-0.05, 0) is 34.1 Å². The molecule has 1 aromatic carbocycles. The Morgan fingerprint density at radius 2 is 2.12 bits per heavy atom. The quantitative estimate of drug-likeness (QED) is 0.860. The van der Waals surface area contributed by atoms with Gasteiger partial charge >= 0.3 is 5.97 Å². The lowest BCUT2D eigenvalue weighted by molar-refractivity contribution is -0.136. The molecule has 0 fully saturated rings. The van der Waals surface area contributed by atoms with Gasteiger partial charge in [-0.1, -0.05) is 11.6 Å². The van der Waals surface area contributed by atoms with Gasteiger partial charge in [-0.3, -0.25) is 9.52 Å². The number of nitrogens with one attached hydrogen (secondary N) is 1. The van der Waals surface area contributed by atoms with Crippen LogP contribution in [0.5, 0.6) is 0 Å². The molecule has 2 N–H and O–H groups in total. The van der Waals surface area contributed by atoms with Gasteiger partial charge in [0.25, 0.3) is 0 Å². The first kappa shape index (κ1) is 14.3. The molecule has 0 spiro atoms. The SMILES string of the molecule is O=C(O)CCS(=O)(=O)Nc1ccc(Br)c(Cl)c1. The van der Waals surface area contributed by atoms with Gasteiger partial charge in [0.2, 0.25) is 10.0 Å². The molecule has 0 aromatic heterocycles. The Bertz CT molecular complexity index is 532. The summed E-state index contributed by atoms with van der Waals surface area (Å²) in [5, 5.41) is 8.77. The normalized spacial score (nSPS) is 11.2. The summed E-state index contributed by atoms with van der Waals surface area (Å²) in [6.07, 6.45) is -0.445. The first-order chi connectivity index (χ1) is 7.80. The van der Waals surface area contributed by atoms with E-state index in [2.05, 4.69) is 20.7 Å². The molecule has 0 aliphatic heterocycles. The number of carboxylic acid groups (broad SMARTS) is 1. The van der Waals surface area contributed by atoms with E-state index in [0.29, 0.717) is 15.2 Å². The van der Waals surface area contributed by atoms with Gasteiger partial charge < -0.3 is 5.11 Å². The Balaban J connectivity index is 2.76. The second-order valence-electron chi connectivity index (χ2n) is 3.19. The standard InChI is InChI=1S/C9H9BrClNO4S/c10-7-2-1-6(5-8(7)11)12-17(15,16)4-3-9(13)14/h1-2,5,12H,3-4H2,(H,13,14). The Hall–Kier alpha value is -0.790. The summed E-state index contributed by atoms with van der Waals surface area (Å²) in [5.41, 5.74) is 0.295. The molecule has 0 amide bonds. The molecule has 0 bridgehead atoms. The smallest absolute Gasteiger partial charge is 0.304 e. The zero-order valence-electron chi connectivity index (χ0n) is 8.48. The summed E-state index contributed by atoms with van der Waals surface area (Å²) in [4.78, 5) is 10.3. The lowest BCUT2D eigenvalue weighted by Gasteiger charge is -2.07. The summed E-state index contributed by atoms with van der Waals surface area (Å²) in [6.45, 7) is 0. The molecule has 0 aliphatic rings. The Labute approximate surface area is 112 Å². The third kappa shape index (κ3) is 4.93. The first-order valence-corrected chi connectivity index (χ1v) is 7.30. The number of carboxylic acids is 1. The zero-order chi connectivity index (χ0) is 13.1. The molecule has 0 aliphatic carbocycles. The van der Waals surface area contributed by atoms with Crippen molar-refractivity contribution in [3.05, 3.63) is 27.7 Å². The van der Waals surface area contributed by atoms with Crippen LogP contribution in [0.1, 0.15) is 6.42 Å². The molecule has 1 aromatic rings. The van der Waals surface area contributed by atoms with E-state index in [1.165, 1.54) is 12.1 Å². The molecule has 1 rings (SSSR count). The van der Waals surface area contributed by atoms with Gasteiger partial charge in [0.05, 0.1) is 22.9 Å². The molecule has 0 radical (unpaired) electrons. The fraction of sp³-hybridized carbons (Fsp3) is 0.222. The molecule has 0 heterocycles. The van der Waals surface area contributed by atoms with Crippen LogP contribution in [-0.4, -0.2) is 25.2 Å². The van der Waals surface area contributed by atoms with Crippen LogP contribution in [0.3, 0.4) is 0 Å². The molecular formula is C9H9BrClNO4S. The maximum Gasteiger partial charge on any atom is 0.304 e. The van der Waals surface area contributed by atoms with Crippen molar-refractivity contribution < 1.29 is 18.3 Å². The first-order valence-electron chi connectivity index (χ1n) is 4.47. The molecule has 0 saturated heterocycles. The predicted octanol–water partition coefficient (Wildman–Crippen LogP) is 2.32. The van der Waals surface area contributed by atoms with Crippen molar-refractivity contribution in [1.82, 2.24) is 0 Å². The maximum atomic E-state index is 11.5. The molecule has 8 heteroatoms. The highest BCUT2D eigenvalue weighted by Crippen LogP contribution is 2.25. The van der Waals surface area contributed by atoms with Crippen molar-refractivity contribution in [2.24, 2.45) is 0 Å². The number of carbonyl (C=O) groups is 1. The van der Waals surface area contributed by atoms with Gasteiger partial charge in [0.1, 0.15) is 0 Å². The van der Waals surface area contributed by atoms with E-state index in [1.54, 1.807) is 6.07 Å². The molecule has 0 unspecified atom stereocenters. The highest BCUT2D eigenvalue weighted by Gasteiger charge is 2.13. The number of rotatable bonds is 5. The Morgan fingerprint density at radius 1 is 1.47 bits per heavy atom. The van der Waals surface area contributed by atoms with Gasteiger partial charge in [0, 0.05) is 4.47 Å². The molecule has 17 heavy (non-hydrogen) atoms. The number of halogens is 2. The lowest BCUT2D eigenvalue weighted by Crippen LogP contribution is -2.18. The number of hydrogen-bond donors (Lipinski definition) is 2. The van der Waals surface area contributed by atoms with Crippen LogP contribution in [0, 0.1) is 0 Å². The van der Waals surface area contributed by atoms with Crippen LogP contribution in [0.25, 0.3) is 0 Å². The van der Waals surface area contributed by atoms with Crippen LogP contribution in [-0.2, 0) is 14.8 Å². The summed E-state index contributed by atoms with van der Waals surface area (Å²) in [7, 11) is -3.66. The fourth-order valence-electron chi connectivity index (χ4n) is 1.01. The van der Waals surface area contributed by atoms with E-state index < -0.39 is 28.2 Å². The van der Waals surface area contributed by atoms with E-state index in [0.717, 1.165) is 0 Å². The fourth-order valence-corrected chi connectivity index (χ4v) is 2.47. The number of hydrogen-bond acceptors (Lipinski definition) is 3. The maximum absolute atomic E-state index is 11.5. The topological polar surface area (TPSA) is 83.5 Å². The second kappa shape index (κ2) is 5.70. The number of sulfonamides is 1. The highest BCUT2D eigenvalue weighted by atomic mass is 79.9. The van der Waals surface area contributed by atoms with Gasteiger partial charge in [0.15, 0.2) is 0 Å². The van der Waals surface area contributed by atoms with Crippen molar-refractivity contribution in [2.45, 2.75) is 6.42 Å². The summed E-state index contributed by atoms with van der Waals surface area (Å²) in [5.74, 6) is -1.64. The largest absolute Gasteiger partial charge is 0.481 e. The van der Waals surface area contributed by atoms with Gasteiger partial charge in [-0.15, -0.1) is 0 Å². The minimum absolute atomic E-state index is 0.295. The van der Waals surface area contributed by atoms with Crippen molar-refractivity contribution in [1.29, 1.82) is 0 Å². The third-order valence-corrected chi connectivity index (χ3v) is 4.30. The van der Waals surface area contributed by atoms with Crippen LogP contribution < -0.4 is 4.72 Å². The minimum Gasteiger partial charge on any atom is -0.481 e. The number of aliphatic carboxylic acids is 1. The van der Waals surface area contributed by atoms with E-state index >= 15 is 0 Å². The molecule has 0 atom stereocenters. The van der Waals surface area contributed by atoms with Crippen LogP contribution >= 0.6 is 27.5 Å². The minimum atomic E-state index is -3.66. The predicted molar refractivity (Wildman–Crippen MR) is 68.8 cm³/mol. The van der Waals surface area contributed by atoms with Crippen LogP contribution in [0.4, 0.5) is 5.69 Å².